The Morgan fingerprint density at radius 3 is 2.05 bits per heavy atom. The first-order chi connectivity index (χ1) is 10.0. The molecule has 2 aromatic rings. The molecule has 0 aliphatic rings. The standard InChI is InChI=1S/C11H10N4O6/c1-20-6-4-3-5-7(21-2)8(6)9-10(14(16)17)12-13-11(9)15(18)19/h3-5H,1-2H3,(H,12,13). The van der Waals surface area contributed by atoms with E-state index in [1.54, 1.807) is 6.07 Å². The van der Waals surface area contributed by atoms with Gasteiger partial charge in [0.2, 0.25) is 0 Å². The van der Waals surface area contributed by atoms with Gasteiger partial charge in [-0.3, -0.25) is 0 Å². The number of hydrogen-bond donors (Lipinski definition) is 1. The van der Waals surface area contributed by atoms with Gasteiger partial charge in [0.1, 0.15) is 16.6 Å². The predicted octanol–water partition coefficient (Wildman–Crippen LogP) is 1.91. The van der Waals surface area contributed by atoms with E-state index in [1.165, 1.54) is 26.4 Å². The van der Waals surface area contributed by atoms with Gasteiger partial charge in [0, 0.05) is 0 Å². The van der Waals surface area contributed by atoms with Crippen molar-refractivity contribution in [3.8, 4) is 22.6 Å². The van der Waals surface area contributed by atoms with Crippen LogP contribution < -0.4 is 9.47 Å². The van der Waals surface area contributed by atoms with Gasteiger partial charge in [0.25, 0.3) is 0 Å². The minimum absolute atomic E-state index is 0.0923. The van der Waals surface area contributed by atoms with Crippen LogP contribution in [0.1, 0.15) is 0 Å². The molecule has 0 aliphatic heterocycles. The lowest BCUT2D eigenvalue weighted by molar-refractivity contribution is -0.392. The Bertz CT molecular complexity index is 657. The number of aromatic nitrogens is 2. The van der Waals surface area contributed by atoms with Crippen LogP contribution in [0.5, 0.6) is 11.5 Å². The lowest BCUT2D eigenvalue weighted by atomic mass is 10.0. The summed E-state index contributed by atoms with van der Waals surface area (Å²) >= 11 is 0. The fourth-order valence-electron chi connectivity index (χ4n) is 1.92. The SMILES string of the molecule is COc1cccc(OC)c1-c1c([N+](=O)[O-])n[nH]c1[N+](=O)[O-]. The topological polar surface area (TPSA) is 133 Å². The monoisotopic (exact) mass is 294 g/mol. The van der Waals surface area contributed by atoms with E-state index in [-0.39, 0.29) is 22.6 Å². The smallest absolute Gasteiger partial charge is 0.428 e. The van der Waals surface area contributed by atoms with Crippen LogP contribution in [-0.2, 0) is 0 Å². The number of hydrogen-bond acceptors (Lipinski definition) is 7. The highest BCUT2D eigenvalue weighted by Gasteiger charge is 2.36. The summed E-state index contributed by atoms with van der Waals surface area (Å²) in [5, 5.41) is 27.6. The lowest BCUT2D eigenvalue weighted by Gasteiger charge is -2.11. The number of nitro groups is 2. The lowest BCUT2D eigenvalue weighted by Crippen LogP contribution is -1.98. The van der Waals surface area contributed by atoms with Crippen LogP contribution in [0.4, 0.5) is 11.6 Å². The third-order valence-electron chi connectivity index (χ3n) is 2.76. The molecule has 110 valence electrons. The van der Waals surface area contributed by atoms with E-state index in [2.05, 4.69) is 10.2 Å². The Morgan fingerprint density at radius 1 is 1.05 bits per heavy atom. The minimum atomic E-state index is -0.815. The summed E-state index contributed by atoms with van der Waals surface area (Å²) in [6.45, 7) is 0. The van der Waals surface area contributed by atoms with Crippen molar-refractivity contribution in [1.82, 2.24) is 10.2 Å². The molecule has 0 atom stereocenters. The Labute approximate surface area is 117 Å². The maximum atomic E-state index is 11.1. The number of nitrogens with zero attached hydrogens (tertiary/aromatic N) is 3. The van der Waals surface area contributed by atoms with Gasteiger partial charge < -0.3 is 29.7 Å². The van der Waals surface area contributed by atoms with Crippen molar-refractivity contribution in [3.05, 3.63) is 38.4 Å². The number of aromatic amines is 1. The zero-order valence-electron chi connectivity index (χ0n) is 11.0. The van der Waals surface area contributed by atoms with Crippen molar-refractivity contribution in [2.75, 3.05) is 14.2 Å². The van der Waals surface area contributed by atoms with E-state index >= 15 is 0 Å². The molecule has 0 spiro atoms. The molecule has 10 nitrogen and oxygen atoms in total. The number of nitrogens with one attached hydrogen (secondary N) is 1. The van der Waals surface area contributed by atoms with Gasteiger partial charge in [-0.1, -0.05) is 6.07 Å². The molecule has 0 saturated carbocycles. The van der Waals surface area contributed by atoms with Crippen molar-refractivity contribution in [3.63, 3.8) is 0 Å². The molecule has 0 amide bonds. The van der Waals surface area contributed by atoms with Crippen LogP contribution in [0.25, 0.3) is 11.1 Å². The highest BCUT2D eigenvalue weighted by atomic mass is 16.6. The molecule has 0 aliphatic carbocycles. The first kappa shape index (κ1) is 14.2. The summed E-state index contributed by atoms with van der Waals surface area (Å²) in [4.78, 5) is 20.5. The molecule has 10 heteroatoms. The molecule has 2 rings (SSSR count). The second-order valence-corrected chi connectivity index (χ2v) is 3.82. The van der Waals surface area contributed by atoms with Gasteiger partial charge in [-0.05, 0) is 27.1 Å². The van der Waals surface area contributed by atoms with E-state index < -0.39 is 21.5 Å². The number of benzene rings is 1. The van der Waals surface area contributed by atoms with E-state index in [0.717, 1.165) is 0 Å². The Hall–Kier alpha value is -3.17. The highest BCUT2D eigenvalue weighted by Crippen LogP contribution is 2.45. The zero-order valence-corrected chi connectivity index (χ0v) is 11.0. The third-order valence-corrected chi connectivity index (χ3v) is 2.76. The van der Waals surface area contributed by atoms with Crippen molar-refractivity contribution in [1.29, 1.82) is 0 Å². The van der Waals surface area contributed by atoms with Crippen LogP contribution in [0.3, 0.4) is 0 Å². The van der Waals surface area contributed by atoms with E-state index in [4.69, 9.17) is 9.47 Å². The van der Waals surface area contributed by atoms with Gasteiger partial charge in [-0.25, -0.2) is 0 Å². The normalized spacial score (nSPS) is 10.2. The number of rotatable bonds is 5. The predicted molar refractivity (Wildman–Crippen MR) is 70.4 cm³/mol. The molecule has 21 heavy (non-hydrogen) atoms. The van der Waals surface area contributed by atoms with Crippen molar-refractivity contribution in [2.24, 2.45) is 0 Å². The van der Waals surface area contributed by atoms with E-state index in [0.29, 0.717) is 0 Å². The number of methoxy groups -OCH3 is 2. The molecule has 1 heterocycles. The molecule has 0 saturated heterocycles. The van der Waals surface area contributed by atoms with Gasteiger partial charge in [0.15, 0.2) is 5.56 Å². The summed E-state index contributed by atoms with van der Waals surface area (Å²) in [6.07, 6.45) is 0. The number of H-pyrrole nitrogens is 1. The summed E-state index contributed by atoms with van der Waals surface area (Å²) in [5.41, 5.74) is -0.200. The molecule has 0 radical (unpaired) electrons. The number of ether oxygens (including phenoxy) is 2. The zero-order chi connectivity index (χ0) is 15.6. The van der Waals surface area contributed by atoms with Gasteiger partial charge >= 0.3 is 11.6 Å². The Morgan fingerprint density at radius 2 is 1.62 bits per heavy atom. The first-order valence-electron chi connectivity index (χ1n) is 5.59. The first-order valence-corrected chi connectivity index (χ1v) is 5.59. The fraction of sp³-hybridized carbons (Fsp3) is 0.182. The van der Waals surface area contributed by atoms with Crippen LogP contribution in [0.15, 0.2) is 18.2 Å². The summed E-state index contributed by atoms with van der Waals surface area (Å²) in [5.74, 6) is -0.891. The highest BCUT2D eigenvalue weighted by molar-refractivity contribution is 5.87. The molecule has 1 aromatic heterocycles. The maximum Gasteiger partial charge on any atom is 0.428 e. The summed E-state index contributed by atoms with van der Waals surface area (Å²) in [7, 11) is 2.69. The molecule has 0 fully saturated rings. The third kappa shape index (κ3) is 2.33. The average molecular weight is 294 g/mol. The molecule has 1 aromatic carbocycles. The van der Waals surface area contributed by atoms with Crippen molar-refractivity contribution in [2.45, 2.75) is 0 Å². The quantitative estimate of drug-likeness (QED) is 0.657. The van der Waals surface area contributed by atoms with E-state index in [1.807, 2.05) is 0 Å². The average Bonchev–Trinajstić information content (AvgIpc) is 2.90. The fourth-order valence-corrected chi connectivity index (χ4v) is 1.92. The summed E-state index contributed by atoms with van der Waals surface area (Å²) in [6, 6.07) is 4.62. The molecule has 0 unspecified atom stereocenters. The van der Waals surface area contributed by atoms with Gasteiger partial charge in [0.05, 0.1) is 19.8 Å². The molecule has 0 bridgehead atoms. The molecule has 1 N–H and O–H groups in total. The van der Waals surface area contributed by atoms with Crippen LogP contribution >= 0.6 is 0 Å². The van der Waals surface area contributed by atoms with Crippen LogP contribution in [0.2, 0.25) is 0 Å². The minimum Gasteiger partial charge on any atom is -0.496 e. The maximum absolute atomic E-state index is 11.1. The van der Waals surface area contributed by atoms with Gasteiger partial charge in [-0.2, -0.15) is 0 Å². The Kier molecular flexibility index (Phi) is 3.69. The Balaban J connectivity index is 2.86. The second-order valence-electron chi connectivity index (χ2n) is 3.82. The summed E-state index contributed by atoms with van der Waals surface area (Å²) < 4.78 is 10.2. The van der Waals surface area contributed by atoms with Crippen molar-refractivity contribution < 1.29 is 19.3 Å². The van der Waals surface area contributed by atoms with Crippen molar-refractivity contribution >= 4 is 11.6 Å². The van der Waals surface area contributed by atoms with Crippen LogP contribution in [0, 0.1) is 20.2 Å². The van der Waals surface area contributed by atoms with E-state index in [9.17, 15) is 20.2 Å². The molecular weight excluding hydrogens is 284 g/mol. The second kappa shape index (κ2) is 5.45. The largest absolute Gasteiger partial charge is 0.496 e. The van der Waals surface area contributed by atoms with Crippen LogP contribution in [-0.4, -0.2) is 34.3 Å². The molecular formula is C11H10N4O6. The van der Waals surface area contributed by atoms with Gasteiger partial charge in [-0.15, -0.1) is 0 Å².